The number of likely N-dealkylation sites (tertiary alicyclic amines) is 1. The molecule has 0 spiro atoms. The minimum absolute atomic E-state index is 0. The molecule has 2 N–H and O–H groups in total. The maximum Gasteiger partial charge on any atom is 0.243 e. The molecule has 146 valence electrons. The average Bonchev–Trinajstić information content (AvgIpc) is 3.21. The third kappa shape index (κ3) is 3.91. The van der Waals surface area contributed by atoms with Crippen molar-refractivity contribution in [1.82, 2.24) is 9.21 Å². The highest BCUT2D eigenvalue weighted by molar-refractivity contribution is 7.89. The molecule has 3 atom stereocenters. The van der Waals surface area contributed by atoms with Gasteiger partial charge in [-0.05, 0) is 57.7 Å². The molecule has 26 heavy (non-hydrogen) atoms. The molecule has 6 nitrogen and oxygen atoms in total. The van der Waals surface area contributed by atoms with Crippen LogP contribution in [0.25, 0.3) is 0 Å². The monoisotopic (exact) mass is 401 g/mol. The predicted molar refractivity (Wildman–Crippen MR) is 104 cm³/mol. The molecule has 8 heteroatoms. The highest BCUT2D eigenvalue weighted by Gasteiger charge is 2.43. The first kappa shape index (κ1) is 21.2. The first-order chi connectivity index (χ1) is 11.8. The molecule has 0 aromatic heterocycles. The smallest absolute Gasteiger partial charge is 0.243 e. The summed E-state index contributed by atoms with van der Waals surface area (Å²) in [6, 6.07) is 6.33. The molecule has 0 radical (unpaired) electrons. The maximum atomic E-state index is 13.0. The summed E-state index contributed by atoms with van der Waals surface area (Å²) in [6.07, 6.45) is 2.18. The van der Waals surface area contributed by atoms with E-state index >= 15 is 0 Å². The van der Waals surface area contributed by atoms with E-state index in [0.29, 0.717) is 38.4 Å². The van der Waals surface area contributed by atoms with Crippen LogP contribution < -0.4 is 5.73 Å². The summed E-state index contributed by atoms with van der Waals surface area (Å²) < 4.78 is 27.4. The number of benzene rings is 1. The van der Waals surface area contributed by atoms with Crippen LogP contribution in [0.5, 0.6) is 0 Å². The SMILES string of the molecule is Cc1ccc(S(=O)(=O)N2CCCC2C(=O)N2CC(CN)CC2C)cc1.Cl. The van der Waals surface area contributed by atoms with Gasteiger partial charge in [0.05, 0.1) is 4.90 Å². The Morgan fingerprint density at radius 3 is 2.50 bits per heavy atom. The van der Waals surface area contributed by atoms with Crippen LogP contribution in [-0.2, 0) is 14.8 Å². The molecule has 2 aliphatic rings. The van der Waals surface area contributed by atoms with E-state index in [0.717, 1.165) is 12.0 Å². The lowest BCUT2D eigenvalue weighted by Crippen LogP contribution is -2.48. The van der Waals surface area contributed by atoms with Gasteiger partial charge in [0.15, 0.2) is 0 Å². The van der Waals surface area contributed by atoms with Gasteiger partial charge in [0.2, 0.25) is 15.9 Å². The molecule has 0 aliphatic carbocycles. The van der Waals surface area contributed by atoms with E-state index < -0.39 is 16.1 Å². The van der Waals surface area contributed by atoms with Crippen LogP contribution in [0, 0.1) is 12.8 Å². The van der Waals surface area contributed by atoms with Gasteiger partial charge in [0.1, 0.15) is 6.04 Å². The van der Waals surface area contributed by atoms with Crippen molar-refractivity contribution < 1.29 is 13.2 Å². The van der Waals surface area contributed by atoms with Crippen LogP contribution >= 0.6 is 12.4 Å². The first-order valence-electron chi connectivity index (χ1n) is 8.93. The first-order valence-corrected chi connectivity index (χ1v) is 10.4. The van der Waals surface area contributed by atoms with Gasteiger partial charge < -0.3 is 10.6 Å². The molecule has 3 unspecified atom stereocenters. The summed E-state index contributed by atoms with van der Waals surface area (Å²) in [5, 5.41) is 0. The number of sulfonamides is 1. The van der Waals surface area contributed by atoms with Crippen molar-refractivity contribution in [2.24, 2.45) is 11.7 Å². The fourth-order valence-electron chi connectivity index (χ4n) is 3.93. The highest BCUT2D eigenvalue weighted by Crippen LogP contribution is 2.30. The van der Waals surface area contributed by atoms with Gasteiger partial charge >= 0.3 is 0 Å². The molecule has 2 heterocycles. The molecular weight excluding hydrogens is 374 g/mol. The van der Waals surface area contributed by atoms with E-state index in [9.17, 15) is 13.2 Å². The van der Waals surface area contributed by atoms with Crippen LogP contribution in [0.2, 0.25) is 0 Å². The van der Waals surface area contributed by atoms with Gasteiger partial charge in [-0.15, -0.1) is 12.4 Å². The highest BCUT2D eigenvalue weighted by atomic mass is 35.5. The summed E-state index contributed by atoms with van der Waals surface area (Å²) in [5.74, 6) is 0.235. The Morgan fingerprint density at radius 2 is 1.92 bits per heavy atom. The molecule has 3 rings (SSSR count). The number of rotatable bonds is 4. The van der Waals surface area contributed by atoms with Crippen molar-refractivity contribution in [3.63, 3.8) is 0 Å². The molecule has 0 saturated carbocycles. The Labute approximate surface area is 162 Å². The van der Waals surface area contributed by atoms with Crippen LogP contribution in [0.15, 0.2) is 29.2 Å². The van der Waals surface area contributed by atoms with E-state index in [1.807, 2.05) is 18.7 Å². The van der Waals surface area contributed by atoms with E-state index in [2.05, 4.69) is 0 Å². The van der Waals surface area contributed by atoms with E-state index in [1.165, 1.54) is 4.31 Å². The number of hydrogen-bond donors (Lipinski definition) is 1. The Kier molecular flexibility index (Phi) is 6.71. The summed E-state index contributed by atoms with van der Waals surface area (Å²) in [5.41, 5.74) is 6.76. The zero-order valence-corrected chi connectivity index (χ0v) is 16.9. The second-order valence-corrected chi connectivity index (χ2v) is 9.15. The number of carbonyl (C=O) groups excluding carboxylic acids is 1. The minimum Gasteiger partial charge on any atom is -0.338 e. The van der Waals surface area contributed by atoms with Crippen molar-refractivity contribution in [3.05, 3.63) is 29.8 Å². The van der Waals surface area contributed by atoms with Gasteiger partial charge in [-0.3, -0.25) is 4.79 Å². The number of nitrogens with two attached hydrogens (primary N) is 1. The van der Waals surface area contributed by atoms with E-state index in [4.69, 9.17) is 5.73 Å². The summed E-state index contributed by atoms with van der Waals surface area (Å²) in [7, 11) is -3.65. The lowest BCUT2D eigenvalue weighted by atomic mass is 10.1. The minimum atomic E-state index is -3.65. The Hall–Kier alpha value is -1.15. The van der Waals surface area contributed by atoms with Crippen molar-refractivity contribution in [1.29, 1.82) is 0 Å². The largest absolute Gasteiger partial charge is 0.338 e. The van der Waals surface area contributed by atoms with Gasteiger partial charge in [0.25, 0.3) is 0 Å². The normalized spacial score (nSPS) is 26.7. The van der Waals surface area contributed by atoms with Gasteiger partial charge in [-0.1, -0.05) is 17.7 Å². The number of nitrogens with zero attached hydrogens (tertiary/aromatic N) is 2. The fourth-order valence-corrected chi connectivity index (χ4v) is 5.58. The Bertz CT molecular complexity index is 739. The van der Waals surface area contributed by atoms with Crippen LogP contribution in [0.3, 0.4) is 0 Å². The third-order valence-corrected chi connectivity index (χ3v) is 7.32. The molecule has 1 amide bonds. The molecule has 0 bridgehead atoms. The predicted octanol–water partition coefficient (Wildman–Crippen LogP) is 1.77. The Morgan fingerprint density at radius 1 is 1.27 bits per heavy atom. The van der Waals surface area contributed by atoms with Crippen molar-refractivity contribution in [2.45, 2.75) is 50.1 Å². The van der Waals surface area contributed by atoms with Gasteiger partial charge in [-0.2, -0.15) is 4.31 Å². The topological polar surface area (TPSA) is 83.7 Å². The lowest BCUT2D eigenvalue weighted by Gasteiger charge is -2.29. The fraction of sp³-hybridized carbons (Fsp3) is 0.611. The number of amides is 1. The summed E-state index contributed by atoms with van der Waals surface area (Å²) >= 11 is 0. The standard InChI is InChI=1S/C18H27N3O3S.ClH/c1-13-5-7-16(8-6-13)25(23,24)21-9-3-4-17(21)18(22)20-12-15(11-19)10-14(20)2;/h5-8,14-15,17H,3-4,9-12,19H2,1-2H3;1H. The van der Waals surface area contributed by atoms with Crippen molar-refractivity contribution in [2.75, 3.05) is 19.6 Å². The zero-order chi connectivity index (χ0) is 18.2. The molecule has 2 fully saturated rings. The zero-order valence-electron chi connectivity index (χ0n) is 15.3. The molecular formula is C18H28ClN3O3S. The van der Waals surface area contributed by atoms with Crippen molar-refractivity contribution >= 4 is 28.3 Å². The van der Waals surface area contributed by atoms with Gasteiger partial charge in [-0.25, -0.2) is 8.42 Å². The third-order valence-electron chi connectivity index (χ3n) is 5.39. The maximum absolute atomic E-state index is 13.0. The second-order valence-electron chi connectivity index (χ2n) is 7.26. The number of carbonyl (C=O) groups is 1. The number of halogens is 1. The number of aryl methyl sites for hydroxylation is 1. The Balaban J connectivity index is 0.00000243. The molecule has 2 saturated heterocycles. The summed E-state index contributed by atoms with van der Waals surface area (Å²) in [4.78, 5) is 15.1. The summed E-state index contributed by atoms with van der Waals surface area (Å²) in [6.45, 7) is 5.52. The van der Waals surface area contributed by atoms with Gasteiger partial charge in [0, 0.05) is 19.1 Å². The molecule has 1 aromatic rings. The van der Waals surface area contributed by atoms with Crippen molar-refractivity contribution in [3.8, 4) is 0 Å². The van der Waals surface area contributed by atoms with E-state index in [-0.39, 0.29) is 29.3 Å². The van der Waals surface area contributed by atoms with Crippen LogP contribution in [0.1, 0.15) is 31.7 Å². The lowest BCUT2D eigenvalue weighted by molar-refractivity contribution is -0.135. The van der Waals surface area contributed by atoms with E-state index in [1.54, 1.807) is 24.3 Å². The quantitative estimate of drug-likeness (QED) is 0.833. The molecule has 2 aliphatic heterocycles. The van der Waals surface area contributed by atoms with Crippen LogP contribution in [0.4, 0.5) is 0 Å². The van der Waals surface area contributed by atoms with Crippen LogP contribution in [-0.4, -0.2) is 55.2 Å². The number of hydrogen-bond acceptors (Lipinski definition) is 4. The molecule has 1 aromatic carbocycles. The average molecular weight is 402 g/mol. The second kappa shape index (κ2) is 8.25.